The van der Waals surface area contributed by atoms with Gasteiger partial charge in [-0.25, -0.2) is 4.98 Å². The minimum absolute atomic E-state index is 0.883. The summed E-state index contributed by atoms with van der Waals surface area (Å²) in [4.78, 5) is 6.57. The molecule has 0 aliphatic rings. The second-order valence-corrected chi connectivity index (χ2v) is 4.01. The monoisotopic (exact) mass is 241 g/mol. The number of anilines is 3. The van der Waals surface area contributed by atoms with Gasteiger partial charge in [-0.2, -0.15) is 0 Å². The second kappa shape index (κ2) is 6.05. The largest absolute Gasteiger partial charge is 0.370 e. The van der Waals surface area contributed by atoms with Crippen LogP contribution in [0, 0.1) is 0 Å². The standard InChI is InChI=1S/C15H19N3/c1-3-16-15-12-14(10-11-17-15)18(4-2)13-8-6-5-7-9-13/h5-12H,3-4H2,1-2H3,(H,16,17). The number of aromatic nitrogens is 1. The molecule has 1 aromatic carbocycles. The Hall–Kier alpha value is -2.03. The number of pyridine rings is 1. The number of nitrogens with zero attached hydrogens (tertiary/aromatic N) is 2. The molecule has 2 aromatic rings. The van der Waals surface area contributed by atoms with Crippen molar-refractivity contribution in [2.24, 2.45) is 0 Å². The molecule has 2 rings (SSSR count). The normalized spacial score (nSPS) is 10.1. The number of benzene rings is 1. The summed E-state index contributed by atoms with van der Waals surface area (Å²) in [6, 6.07) is 14.5. The summed E-state index contributed by atoms with van der Waals surface area (Å²) < 4.78 is 0. The first kappa shape index (κ1) is 12.4. The molecule has 0 bridgehead atoms. The van der Waals surface area contributed by atoms with Crippen molar-refractivity contribution in [2.45, 2.75) is 13.8 Å². The summed E-state index contributed by atoms with van der Waals surface area (Å²) in [7, 11) is 0. The third kappa shape index (κ3) is 2.80. The van der Waals surface area contributed by atoms with E-state index in [1.165, 1.54) is 5.69 Å². The summed E-state index contributed by atoms with van der Waals surface area (Å²) in [6.45, 7) is 6.04. The van der Waals surface area contributed by atoms with E-state index in [1.54, 1.807) is 0 Å². The number of hydrogen-bond acceptors (Lipinski definition) is 3. The van der Waals surface area contributed by atoms with Crippen LogP contribution in [0.5, 0.6) is 0 Å². The summed E-state index contributed by atoms with van der Waals surface area (Å²) in [5.41, 5.74) is 2.36. The van der Waals surface area contributed by atoms with Crippen LogP contribution in [0.4, 0.5) is 17.2 Å². The zero-order chi connectivity index (χ0) is 12.8. The van der Waals surface area contributed by atoms with Crippen LogP contribution in [0.25, 0.3) is 0 Å². The fourth-order valence-corrected chi connectivity index (χ4v) is 1.99. The fraction of sp³-hybridized carbons (Fsp3) is 0.267. The molecule has 0 saturated carbocycles. The van der Waals surface area contributed by atoms with Crippen molar-refractivity contribution in [1.29, 1.82) is 0 Å². The molecule has 0 amide bonds. The molecule has 94 valence electrons. The Labute approximate surface area is 108 Å². The maximum Gasteiger partial charge on any atom is 0.127 e. The number of rotatable bonds is 5. The molecule has 0 aliphatic carbocycles. The summed E-state index contributed by atoms with van der Waals surface area (Å²) in [5.74, 6) is 0.921. The zero-order valence-corrected chi connectivity index (χ0v) is 10.9. The van der Waals surface area contributed by atoms with Gasteiger partial charge in [0.2, 0.25) is 0 Å². The predicted octanol–water partition coefficient (Wildman–Crippen LogP) is 3.67. The molecule has 3 nitrogen and oxygen atoms in total. The van der Waals surface area contributed by atoms with E-state index >= 15 is 0 Å². The maximum atomic E-state index is 4.30. The Balaban J connectivity index is 2.30. The molecule has 0 spiro atoms. The minimum Gasteiger partial charge on any atom is -0.370 e. The molecule has 0 fully saturated rings. The Morgan fingerprint density at radius 1 is 1.06 bits per heavy atom. The van der Waals surface area contributed by atoms with Crippen molar-refractivity contribution >= 4 is 17.2 Å². The van der Waals surface area contributed by atoms with Gasteiger partial charge in [-0.05, 0) is 32.0 Å². The number of para-hydroxylation sites is 1. The summed E-state index contributed by atoms with van der Waals surface area (Å²) in [6.07, 6.45) is 1.85. The third-order valence-electron chi connectivity index (χ3n) is 2.80. The van der Waals surface area contributed by atoms with Crippen LogP contribution >= 0.6 is 0 Å². The fourth-order valence-electron chi connectivity index (χ4n) is 1.99. The molecular formula is C15H19N3. The predicted molar refractivity (Wildman–Crippen MR) is 77.5 cm³/mol. The van der Waals surface area contributed by atoms with E-state index in [1.807, 2.05) is 18.3 Å². The molecule has 0 aliphatic heterocycles. The van der Waals surface area contributed by atoms with Gasteiger partial charge >= 0.3 is 0 Å². The SMILES string of the molecule is CCNc1cc(N(CC)c2ccccc2)ccn1. The Bertz CT molecular complexity index is 482. The Morgan fingerprint density at radius 3 is 2.50 bits per heavy atom. The molecule has 1 aromatic heterocycles. The van der Waals surface area contributed by atoms with Crippen LogP contribution in [-0.2, 0) is 0 Å². The number of nitrogens with one attached hydrogen (secondary N) is 1. The lowest BCUT2D eigenvalue weighted by molar-refractivity contribution is 1.02. The zero-order valence-electron chi connectivity index (χ0n) is 10.9. The first-order valence-corrected chi connectivity index (χ1v) is 6.37. The quantitative estimate of drug-likeness (QED) is 0.865. The lowest BCUT2D eigenvalue weighted by Crippen LogP contribution is -2.16. The average Bonchev–Trinajstić information content (AvgIpc) is 2.42. The van der Waals surface area contributed by atoms with E-state index < -0.39 is 0 Å². The lowest BCUT2D eigenvalue weighted by atomic mass is 10.2. The van der Waals surface area contributed by atoms with Crippen LogP contribution in [0.1, 0.15) is 13.8 Å². The van der Waals surface area contributed by atoms with E-state index in [-0.39, 0.29) is 0 Å². The van der Waals surface area contributed by atoms with Crippen LogP contribution < -0.4 is 10.2 Å². The van der Waals surface area contributed by atoms with Gasteiger partial charge in [-0.15, -0.1) is 0 Å². The van der Waals surface area contributed by atoms with Gasteiger partial charge in [0, 0.05) is 36.7 Å². The van der Waals surface area contributed by atoms with E-state index in [2.05, 4.69) is 59.4 Å². The highest BCUT2D eigenvalue weighted by atomic mass is 15.1. The molecule has 1 heterocycles. The molecule has 0 radical (unpaired) electrons. The average molecular weight is 241 g/mol. The van der Waals surface area contributed by atoms with E-state index in [0.717, 1.165) is 24.6 Å². The van der Waals surface area contributed by atoms with Gasteiger partial charge < -0.3 is 10.2 Å². The van der Waals surface area contributed by atoms with Crippen molar-refractivity contribution in [3.63, 3.8) is 0 Å². The second-order valence-electron chi connectivity index (χ2n) is 4.01. The topological polar surface area (TPSA) is 28.2 Å². The van der Waals surface area contributed by atoms with Crippen molar-refractivity contribution in [1.82, 2.24) is 4.98 Å². The minimum atomic E-state index is 0.883. The molecule has 0 atom stereocenters. The molecule has 1 N–H and O–H groups in total. The summed E-state index contributed by atoms with van der Waals surface area (Å²) >= 11 is 0. The highest BCUT2D eigenvalue weighted by Gasteiger charge is 2.07. The molecule has 0 unspecified atom stereocenters. The van der Waals surface area contributed by atoms with E-state index in [4.69, 9.17) is 0 Å². The van der Waals surface area contributed by atoms with Crippen LogP contribution in [0.2, 0.25) is 0 Å². The third-order valence-corrected chi connectivity index (χ3v) is 2.80. The van der Waals surface area contributed by atoms with Gasteiger partial charge in [-0.3, -0.25) is 0 Å². The van der Waals surface area contributed by atoms with Gasteiger partial charge in [-0.1, -0.05) is 18.2 Å². The van der Waals surface area contributed by atoms with Crippen molar-refractivity contribution < 1.29 is 0 Å². The number of hydrogen-bond donors (Lipinski definition) is 1. The molecule has 3 heteroatoms. The van der Waals surface area contributed by atoms with Gasteiger partial charge in [0.1, 0.15) is 5.82 Å². The van der Waals surface area contributed by atoms with Gasteiger partial charge in [0.05, 0.1) is 0 Å². The molecule has 0 saturated heterocycles. The smallest absolute Gasteiger partial charge is 0.127 e. The maximum absolute atomic E-state index is 4.30. The highest BCUT2D eigenvalue weighted by molar-refractivity contribution is 5.65. The lowest BCUT2D eigenvalue weighted by Gasteiger charge is -2.23. The van der Waals surface area contributed by atoms with Crippen molar-refractivity contribution in [3.05, 3.63) is 48.7 Å². The van der Waals surface area contributed by atoms with E-state index in [9.17, 15) is 0 Å². The van der Waals surface area contributed by atoms with E-state index in [0.29, 0.717) is 0 Å². The van der Waals surface area contributed by atoms with Crippen molar-refractivity contribution in [3.8, 4) is 0 Å². The molecular weight excluding hydrogens is 222 g/mol. The van der Waals surface area contributed by atoms with Crippen molar-refractivity contribution in [2.75, 3.05) is 23.3 Å². The highest BCUT2D eigenvalue weighted by Crippen LogP contribution is 2.25. The molecule has 18 heavy (non-hydrogen) atoms. The van der Waals surface area contributed by atoms with Gasteiger partial charge in [0.25, 0.3) is 0 Å². The van der Waals surface area contributed by atoms with Crippen LogP contribution in [0.3, 0.4) is 0 Å². The van der Waals surface area contributed by atoms with Crippen LogP contribution in [0.15, 0.2) is 48.7 Å². The van der Waals surface area contributed by atoms with Crippen LogP contribution in [-0.4, -0.2) is 18.1 Å². The van der Waals surface area contributed by atoms with Gasteiger partial charge in [0.15, 0.2) is 0 Å². The summed E-state index contributed by atoms with van der Waals surface area (Å²) in [5, 5.41) is 3.24. The first-order chi connectivity index (χ1) is 8.85. The Kier molecular flexibility index (Phi) is 4.18. The first-order valence-electron chi connectivity index (χ1n) is 6.37. The Morgan fingerprint density at radius 2 is 1.83 bits per heavy atom.